The van der Waals surface area contributed by atoms with E-state index >= 15 is 0 Å². The number of sulfonamides is 1. The monoisotopic (exact) mass is 469 g/mol. The lowest BCUT2D eigenvalue weighted by Gasteiger charge is -2.21. The third-order valence-electron chi connectivity index (χ3n) is 6.45. The van der Waals surface area contributed by atoms with Crippen molar-refractivity contribution in [2.45, 2.75) is 30.3 Å². The third kappa shape index (κ3) is 4.94. The first-order valence-electron chi connectivity index (χ1n) is 10.9. The number of nitrogens with one attached hydrogen (secondary N) is 1. The van der Waals surface area contributed by atoms with Crippen LogP contribution in [-0.2, 0) is 21.4 Å². The van der Waals surface area contributed by atoms with Gasteiger partial charge >= 0.3 is 6.09 Å². The Morgan fingerprint density at radius 2 is 1.67 bits per heavy atom. The van der Waals surface area contributed by atoms with Crippen molar-refractivity contribution in [2.75, 3.05) is 18.0 Å². The predicted octanol–water partition coefficient (Wildman–Crippen LogP) is 3.07. The molecule has 4 rings (SSSR count). The molecule has 1 saturated heterocycles. The largest absolute Gasteiger partial charge is 0.465 e. The summed E-state index contributed by atoms with van der Waals surface area (Å²) in [5.74, 6) is 0.220. The van der Waals surface area contributed by atoms with Crippen LogP contribution < -0.4 is 10.2 Å². The van der Waals surface area contributed by atoms with E-state index in [2.05, 4.69) is 11.9 Å². The normalized spacial score (nSPS) is 22.5. The number of carbonyl (C=O) groups is 2. The predicted molar refractivity (Wildman–Crippen MR) is 124 cm³/mol. The van der Waals surface area contributed by atoms with E-state index in [0.29, 0.717) is 18.8 Å². The number of anilines is 1. The molecule has 0 radical (unpaired) electrons. The maximum absolute atomic E-state index is 13.2. The standard InChI is InChI=1S/C24H27N3O5S/c1-2-23(28)25-20-12-18-15-26(16-19(18)13-20)33(31,32)22-10-8-21(9-11-22)27(24(29)30)14-17-6-4-3-5-7-17/h2-11,18-20H,1,12-16H2,(H,25,28)(H,29,30). The molecule has 9 heteroatoms. The van der Waals surface area contributed by atoms with Gasteiger partial charge in [0.15, 0.2) is 0 Å². The lowest BCUT2D eigenvalue weighted by Crippen LogP contribution is -2.35. The molecule has 174 valence electrons. The van der Waals surface area contributed by atoms with E-state index in [1.165, 1.54) is 39.5 Å². The van der Waals surface area contributed by atoms with Crippen LogP contribution in [-0.4, -0.2) is 49.0 Å². The molecule has 2 amide bonds. The highest BCUT2D eigenvalue weighted by Gasteiger charge is 2.45. The van der Waals surface area contributed by atoms with E-state index in [-0.39, 0.29) is 35.2 Å². The Morgan fingerprint density at radius 1 is 1.06 bits per heavy atom. The minimum atomic E-state index is -3.68. The highest BCUT2D eigenvalue weighted by molar-refractivity contribution is 7.89. The second-order valence-electron chi connectivity index (χ2n) is 8.57. The Kier molecular flexibility index (Phi) is 6.53. The maximum atomic E-state index is 13.2. The molecule has 33 heavy (non-hydrogen) atoms. The van der Waals surface area contributed by atoms with Crippen LogP contribution in [0.5, 0.6) is 0 Å². The van der Waals surface area contributed by atoms with Crippen molar-refractivity contribution in [3.8, 4) is 0 Å². The zero-order chi connectivity index (χ0) is 23.6. The maximum Gasteiger partial charge on any atom is 0.412 e. The molecule has 2 atom stereocenters. The summed E-state index contributed by atoms with van der Waals surface area (Å²) in [6.07, 6.45) is 1.64. The fourth-order valence-electron chi connectivity index (χ4n) is 4.81. The van der Waals surface area contributed by atoms with Gasteiger partial charge in [-0.1, -0.05) is 36.9 Å². The molecular formula is C24H27N3O5S. The van der Waals surface area contributed by atoms with Gasteiger partial charge in [-0.25, -0.2) is 13.2 Å². The lowest BCUT2D eigenvalue weighted by atomic mass is 10.0. The highest BCUT2D eigenvalue weighted by atomic mass is 32.2. The minimum Gasteiger partial charge on any atom is -0.465 e. The van der Waals surface area contributed by atoms with Gasteiger partial charge in [0.1, 0.15) is 0 Å². The molecule has 0 spiro atoms. The van der Waals surface area contributed by atoms with Gasteiger partial charge in [0.25, 0.3) is 0 Å². The first kappa shape index (κ1) is 23.0. The molecule has 2 aliphatic rings. The second kappa shape index (κ2) is 9.36. The Hall–Kier alpha value is -3.17. The van der Waals surface area contributed by atoms with Gasteiger partial charge in [-0.2, -0.15) is 4.31 Å². The van der Waals surface area contributed by atoms with Crippen molar-refractivity contribution < 1.29 is 23.1 Å². The molecule has 2 aromatic carbocycles. The van der Waals surface area contributed by atoms with Crippen LogP contribution in [0.3, 0.4) is 0 Å². The van der Waals surface area contributed by atoms with E-state index < -0.39 is 16.1 Å². The summed E-state index contributed by atoms with van der Waals surface area (Å²) >= 11 is 0. The van der Waals surface area contributed by atoms with Crippen molar-refractivity contribution in [3.63, 3.8) is 0 Å². The Labute approximate surface area is 193 Å². The van der Waals surface area contributed by atoms with Gasteiger partial charge < -0.3 is 10.4 Å². The topological polar surface area (TPSA) is 107 Å². The van der Waals surface area contributed by atoms with Gasteiger partial charge in [-0.15, -0.1) is 0 Å². The highest BCUT2D eigenvalue weighted by Crippen LogP contribution is 2.40. The Bertz CT molecular complexity index is 1120. The summed E-state index contributed by atoms with van der Waals surface area (Å²) in [5, 5.41) is 12.5. The molecule has 0 aromatic heterocycles. The Morgan fingerprint density at radius 3 is 2.21 bits per heavy atom. The average Bonchev–Trinajstić information content (AvgIpc) is 3.37. The minimum absolute atomic E-state index is 0.0567. The summed E-state index contributed by atoms with van der Waals surface area (Å²) in [7, 11) is -3.68. The molecular weight excluding hydrogens is 442 g/mol. The van der Waals surface area contributed by atoms with Gasteiger partial charge in [-0.3, -0.25) is 9.69 Å². The molecule has 2 fully saturated rings. The molecule has 8 nitrogen and oxygen atoms in total. The number of rotatable bonds is 7. The summed E-state index contributed by atoms with van der Waals surface area (Å²) in [6, 6.07) is 15.3. The van der Waals surface area contributed by atoms with Gasteiger partial charge in [0, 0.05) is 24.8 Å². The first-order chi connectivity index (χ1) is 15.8. The summed E-state index contributed by atoms with van der Waals surface area (Å²) in [6.45, 7) is 4.48. The smallest absolute Gasteiger partial charge is 0.412 e. The molecule has 2 aromatic rings. The van der Waals surface area contributed by atoms with E-state index in [1.807, 2.05) is 30.3 Å². The van der Waals surface area contributed by atoms with E-state index in [4.69, 9.17) is 0 Å². The SMILES string of the molecule is C=CC(=O)NC1CC2CN(S(=O)(=O)c3ccc(N(Cc4ccccc4)C(=O)O)cc3)CC2C1. The number of hydrogen-bond acceptors (Lipinski definition) is 4. The van der Waals surface area contributed by atoms with Crippen molar-refractivity contribution in [2.24, 2.45) is 11.8 Å². The number of benzene rings is 2. The third-order valence-corrected chi connectivity index (χ3v) is 8.30. The first-order valence-corrected chi connectivity index (χ1v) is 12.3. The second-order valence-corrected chi connectivity index (χ2v) is 10.5. The van der Waals surface area contributed by atoms with Crippen molar-refractivity contribution >= 4 is 27.7 Å². The molecule has 2 N–H and O–H groups in total. The molecule has 2 unspecified atom stereocenters. The van der Waals surface area contributed by atoms with Crippen LogP contribution in [0.1, 0.15) is 18.4 Å². The zero-order valence-corrected chi connectivity index (χ0v) is 18.9. The zero-order valence-electron chi connectivity index (χ0n) is 18.1. The average molecular weight is 470 g/mol. The number of hydrogen-bond donors (Lipinski definition) is 2. The molecule has 1 aliphatic heterocycles. The summed E-state index contributed by atoms with van der Waals surface area (Å²) < 4.78 is 27.9. The van der Waals surface area contributed by atoms with Crippen LogP contribution in [0.2, 0.25) is 0 Å². The van der Waals surface area contributed by atoms with Crippen molar-refractivity contribution in [1.82, 2.24) is 9.62 Å². The van der Waals surface area contributed by atoms with Crippen LogP contribution in [0.4, 0.5) is 10.5 Å². The molecule has 1 aliphatic carbocycles. The quantitative estimate of drug-likeness (QED) is 0.606. The molecule has 1 heterocycles. The Balaban J connectivity index is 1.44. The number of fused-ring (bicyclic) bond motifs is 1. The van der Waals surface area contributed by atoms with Crippen molar-refractivity contribution in [3.05, 3.63) is 72.8 Å². The summed E-state index contributed by atoms with van der Waals surface area (Å²) in [5.41, 5.74) is 1.24. The van der Waals surface area contributed by atoms with Crippen LogP contribution >= 0.6 is 0 Å². The van der Waals surface area contributed by atoms with Crippen LogP contribution in [0.15, 0.2) is 72.1 Å². The van der Waals surface area contributed by atoms with Crippen LogP contribution in [0, 0.1) is 11.8 Å². The number of carboxylic acid groups (broad SMARTS) is 1. The molecule has 0 bridgehead atoms. The number of carbonyl (C=O) groups excluding carboxylic acids is 1. The van der Waals surface area contributed by atoms with Gasteiger partial charge in [0.2, 0.25) is 15.9 Å². The number of amides is 2. The fourth-order valence-corrected chi connectivity index (χ4v) is 6.37. The van der Waals surface area contributed by atoms with Crippen molar-refractivity contribution in [1.29, 1.82) is 0 Å². The van der Waals surface area contributed by atoms with E-state index in [9.17, 15) is 23.1 Å². The fraction of sp³-hybridized carbons (Fsp3) is 0.333. The van der Waals surface area contributed by atoms with E-state index in [1.54, 1.807) is 0 Å². The van der Waals surface area contributed by atoms with Gasteiger partial charge in [0.05, 0.1) is 11.4 Å². The lowest BCUT2D eigenvalue weighted by molar-refractivity contribution is -0.117. The van der Waals surface area contributed by atoms with E-state index in [0.717, 1.165) is 18.4 Å². The molecule has 1 saturated carbocycles. The van der Waals surface area contributed by atoms with Gasteiger partial charge in [-0.05, 0) is 60.6 Å². The van der Waals surface area contributed by atoms with Crippen LogP contribution in [0.25, 0.3) is 0 Å². The summed E-state index contributed by atoms with van der Waals surface area (Å²) in [4.78, 5) is 24.7. The number of nitrogens with zero attached hydrogens (tertiary/aromatic N) is 2.